The van der Waals surface area contributed by atoms with Crippen molar-refractivity contribution in [1.82, 2.24) is 14.3 Å². The Kier molecular flexibility index (Phi) is 7.85. The minimum absolute atomic E-state index is 0.213. The van der Waals surface area contributed by atoms with Gasteiger partial charge in [0.15, 0.2) is 16.3 Å². The van der Waals surface area contributed by atoms with Crippen molar-refractivity contribution in [2.45, 2.75) is 19.9 Å². The van der Waals surface area contributed by atoms with Crippen molar-refractivity contribution in [2.75, 3.05) is 14.2 Å². The maximum atomic E-state index is 14.2. The average Bonchev–Trinajstić information content (AvgIpc) is 3.76. The summed E-state index contributed by atoms with van der Waals surface area (Å²) in [6, 6.07) is 17.7. The van der Waals surface area contributed by atoms with E-state index < -0.39 is 18.0 Å². The van der Waals surface area contributed by atoms with Crippen LogP contribution in [0.5, 0.6) is 11.5 Å². The van der Waals surface area contributed by atoms with Gasteiger partial charge in [-0.3, -0.25) is 14.2 Å². The summed E-state index contributed by atoms with van der Waals surface area (Å²) in [5.74, 6) is -0.633. The fraction of sp³-hybridized carbons (Fsp3) is 0.156. The SMILES string of the molecule is COC(=O)C1=C(C)N=c2s/c(=C\c3cn(-c4ccccc4)nc3-c3cccs3)c(=O)n2C1c1ccc(OC(C)=O)c(OC)c1. The fourth-order valence-corrected chi connectivity index (χ4v) is 6.82. The number of hydrogen-bond donors (Lipinski definition) is 0. The molecule has 0 spiro atoms. The molecule has 0 radical (unpaired) electrons. The maximum Gasteiger partial charge on any atom is 0.338 e. The molecular formula is C32H26N4O6S2. The van der Waals surface area contributed by atoms with E-state index in [1.807, 2.05) is 60.1 Å². The van der Waals surface area contributed by atoms with Gasteiger partial charge in [-0.15, -0.1) is 11.3 Å². The van der Waals surface area contributed by atoms with Crippen molar-refractivity contribution in [2.24, 2.45) is 4.99 Å². The van der Waals surface area contributed by atoms with Crippen LogP contribution in [0, 0.1) is 0 Å². The van der Waals surface area contributed by atoms with Gasteiger partial charge in [0, 0.05) is 18.7 Å². The highest BCUT2D eigenvalue weighted by atomic mass is 32.1. The van der Waals surface area contributed by atoms with E-state index in [1.54, 1.807) is 41.1 Å². The number of fused-ring (bicyclic) bond motifs is 1. The molecule has 5 aromatic rings. The lowest BCUT2D eigenvalue weighted by Crippen LogP contribution is -2.39. The Morgan fingerprint density at radius 1 is 1.02 bits per heavy atom. The molecule has 0 saturated heterocycles. The molecule has 44 heavy (non-hydrogen) atoms. The third-order valence-corrected chi connectivity index (χ3v) is 8.85. The molecule has 0 fully saturated rings. The Morgan fingerprint density at radius 2 is 1.82 bits per heavy atom. The number of methoxy groups -OCH3 is 2. The third kappa shape index (κ3) is 5.29. The lowest BCUT2D eigenvalue weighted by Gasteiger charge is -2.25. The fourth-order valence-electron chi connectivity index (χ4n) is 5.05. The molecule has 10 nitrogen and oxygen atoms in total. The summed E-state index contributed by atoms with van der Waals surface area (Å²) in [7, 11) is 2.73. The molecule has 4 heterocycles. The second-order valence-electron chi connectivity index (χ2n) is 9.77. The molecule has 0 amide bonds. The highest BCUT2D eigenvalue weighted by molar-refractivity contribution is 7.13. The van der Waals surface area contributed by atoms with Crippen LogP contribution in [0.1, 0.15) is 31.0 Å². The molecule has 2 aromatic carbocycles. The van der Waals surface area contributed by atoms with Crippen molar-refractivity contribution in [3.8, 4) is 27.8 Å². The maximum absolute atomic E-state index is 14.2. The van der Waals surface area contributed by atoms with Gasteiger partial charge in [0.05, 0.1) is 46.6 Å². The number of allylic oxidation sites excluding steroid dienone is 1. The molecule has 0 saturated carbocycles. The minimum atomic E-state index is -0.870. The first kappa shape index (κ1) is 29.0. The standard InChI is InChI=1S/C32H26N4O6S2/c1-18-27(31(39)41-4)29(20-12-13-23(42-19(2)37)24(15-20)40-3)36-30(38)26(44-32(36)33-18)16-21-17-35(22-9-6-5-7-10-22)34-28(21)25-11-8-14-43-25/h5-17,29H,1-4H3/b26-16-. The largest absolute Gasteiger partial charge is 0.493 e. The van der Waals surface area contributed by atoms with Crippen LogP contribution in [0.4, 0.5) is 0 Å². The number of carbonyl (C=O) groups is 2. The Bertz CT molecular complexity index is 2110. The first-order chi connectivity index (χ1) is 21.3. The van der Waals surface area contributed by atoms with E-state index in [2.05, 4.69) is 4.99 Å². The Morgan fingerprint density at radius 3 is 2.50 bits per heavy atom. The highest BCUT2D eigenvalue weighted by Crippen LogP contribution is 2.36. The molecule has 222 valence electrons. The third-order valence-electron chi connectivity index (χ3n) is 6.99. The monoisotopic (exact) mass is 626 g/mol. The number of esters is 2. The number of aromatic nitrogens is 3. The number of thiophene rings is 1. The van der Waals surface area contributed by atoms with Gasteiger partial charge in [-0.1, -0.05) is 41.7 Å². The second kappa shape index (κ2) is 11.9. The van der Waals surface area contributed by atoms with Crippen LogP contribution >= 0.6 is 22.7 Å². The number of para-hydroxylation sites is 1. The Balaban J connectivity index is 1.55. The van der Waals surface area contributed by atoms with Crippen LogP contribution < -0.4 is 24.4 Å². The van der Waals surface area contributed by atoms with Crippen molar-refractivity contribution in [1.29, 1.82) is 0 Å². The summed E-state index contributed by atoms with van der Waals surface area (Å²) in [6.07, 6.45) is 3.70. The van der Waals surface area contributed by atoms with Crippen molar-refractivity contribution < 1.29 is 23.8 Å². The predicted octanol–water partition coefficient (Wildman–Crippen LogP) is 4.26. The Hall–Kier alpha value is -5.07. The number of nitrogens with zero attached hydrogens (tertiary/aromatic N) is 4. The van der Waals surface area contributed by atoms with Gasteiger partial charge in [-0.05, 0) is 54.3 Å². The molecule has 3 aromatic heterocycles. The van der Waals surface area contributed by atoms with Gasteiger partial charge in [-0.2, -0.15) is 5.10 Å². The van der Waals surface area contributed by atoms with Crippen molar-refractivity contribution >= 4 is 40.7 Å². The van der Waals surface area contributed by atoms with Gasteiger partial charge in [0.2, 0.25) is 0 Å². The Labute approximate surface area is 259 Å². The van der Waals surface area contributed by atoms with Gasteiger partial charge in [-0.25, -0.2) is 14.5 Å². The van der Waals surface area contributed by atoms with Crippen LogP contribution in [-0.2, 0) is 14.3 Å². The summed E-state index contributed by atoms with van der Waals surface area (Å²) >= 11 is 2.78. The number of ether oxygens (including phenoxy) is 3. The van der Waals surface area contributed by atoms with E-state index in [0.29, 0.717) is 20.6 Å². The van der Waals surface area contributed by atoms with E-state index in [1.165, 1.54) is 37.0 Å². The average molecular weight is 627 g/mol. The molecule has 1 unspecified atom stereocenters. The van der Waals surface area contributed by atoms with E-state index in [-0.39, 0.29) is 22.6 Å². The second-order valence-corrected chi connectivity index (χ2v) is 11.7. The molecule has 1 aliphatic rings. The molecule has 0 aliphatic carbocycles. The topological polar surface area (TPSA) is 114 Å². The van der Waals surface area contributed by atoms with Gasteiger partial charge in [0.1, 0.15) is 5.69 Å². The number of benzene rings is 2. The normalized spacial score (nSPS) is 14.6. The summed E-state index contributed by atoms with van der Waals surface area (Å²) in [5, 5.41) is 6.83. The molecule has 1 atom stereocenters. The quantitative estimate of drug-likeness (QED) is 0.196. The van der Waals surface area contributed by atoms with Crippen LogP contribution in [0.3, 0.4) is 0 Å². The zero-order chi connectivity index (χ0) is 31.0. The number of rotatable bonds is 7. The summed E-state index contributed by atoms with van der Waals surface area (Å²) in [6.45, 7) is 3.00. The summed E-state index contributed by atoms with van der Waals surface area (Å²) in [4.78, 5) is 44.9. The van der Waals surface area contributed by atoms with Crippen LogP contribution in [0.2, 0.25) is 0 Å². The zero-order valence-electron chi connectivity index (χ0n) is 24.1. The molecule has 0 N–H and O–H groups in total. The van der Waals surface area contributed by atoms with E-state index in [4.69, 9.17) is 19.3 Å². The molecule has 0 bridgehead atoms. The first-order valence-electron chi connectivity index (χ1n) is 13.4. The highest BCUT2D eigenvalue weighted by Gasteiger charge is 2.34. The minimum Gasteiger partial charge on any atom is -0.493 e. The molecule has 6 rings (SSSR count). The van der Waals surface area contributed by atoms with Crippen LogP contribution in [0.25, 0.3) is 22.3 Å². The number of carbonyl (C=O) groups excluding carboxylic acids is 2. The predicted molar refractivity (Wildman–Crippen MR) is 167 cm³/mol. The first-order valence-corrected chi connectivity index (χ1v) is 15.1. The van der Waals surface area contributed by atoms with Crippen LogP contribution in [-0.4, -0.2) is 40.5 Å². The van der Waals surface area contributed by atoms with E-state index in [0.717, 1.165) is 21.8 Å². The zero-order valence-corrected chi connectivity index (χ0v) is 25.8. The van der Waals surface area contributed by atoms with Crippen molar-refractivity contribution in [3.63, 3.8) is 0 Å². The smallest absolute Gasteiger partial charge is 0.338 e. The summed E-state index contributed by atoms with van der Waals surface area (Å²) in [5.41, 5.74) is 3.24. The van der Waals surface area contributed by atoms with Crippen molar-refractivity contribution in [3.05, 3.63) is 114 Å². The van der Waals surface area contributed by atoms with Gasteiger partial charge in [0.25, 0.3) is 5.56 Å². The lowest BCUT2D eigenvalue weighted by atomic mass is 9.95. The van der Waals surface area contributed by atoms with Gasteiger partial charge >= 0.3 is 11.9 Å². The molecular weight excluding hydrogens is 601 g/mol. The van der Waals surface area contributed by atoms with E-state index in [9.17, 15) is 14.4 Å². The molecule has 1 aliphatic heterocycles. The van der Waals surface area contributed by atoms with Crippen LogP contribution in [0.15, 0.2) is 93.3 Å². The summed E-state index contributed by atoms with van der Waals surface area (Å²) < 4.78 is 19.6. The molecule has 12 heteroatoms. The van der Waals surface area contributed by atoms with E-state index >= 15 is 0 Å². The van der Waals surface area contributed by atoms with Gasteiger partial charge < -0.3 is 14.2 Å². The number of hydrogen-bond acceptors (Lipinski definition) is 10. The lowest BCUT2D eigenvalue weighted by molar-refractivity contribution is -0.136. The number of thiazole rings is 1.